The number of aryl methyl sites for hydroxylation is 2. The summed E-state index contributed by atoms with van der Waals surface area (Å²) in [6, 6.07) is 10.2. The highest BCUT2D eigenvalue weighted by Gasteiger charge is 2.19. The topological polar surface area (TPSA) is 43.6 Å². The van der Waals surface area contributed by atoms with Gasteiger partial charge in [-0.1, -0.05) is 41.9 Å². The highest BCUT2D eigenvalue weighted by atomic mass is 35.5. The van der Waals surface area contributed by atoms with E-state index in [1.165, 1.54) is 4.88 Å². The van der Waals surface area contributed by atoms with Gasteiger partial charge in [-0.2, -0.15) is 0 Å². The molecule has 4 rings (SSSR count). The minimum absolute atomic E-state index is 0.469. The van der Waals surface area contributed by atoms with Crippen molar-refractivity contribution in [3.63, 3.8) is 0 Å². The molecule has 114 valence electrons. The van der Waals surface area contributed by atoms with Gasteiger partial charge in [0.15, 0.2) is 11.6 Å². The fraction of sp³-hybridized carbons (Fsp3) is 0.118. The van der Waals surface area contributed by atoms with Crippen LogP contribution in [0.25, 0.3) is 33.0 Å². The zero-order valence-corrected chi connectivity index (χ0v) is 14.2. The average molecular weight is 341 g/mol. The van der Waals surface area contributed by atoms with Crippen molar-refractivity contribution in [1.82, 2.24) is 19.5 Å². The first-order valence-corrected chi connectivity index (χ1v) is 8.34. The monoisotopic (exact) mass is 340 g/mol. The summed E-state index contributed by atoms with van der Waals surface area (Å²) < 4.78 is 1.88. The molecular weight excluding hydrogens is 328 g/mol. The maximum atomic E-state index is 6.52. The predicted octanol–water partition coefficient (Wildman–Crippen LogP) is 4.72. The highest BCUT2D eigenvalue weighted by Crippen LogP contribution is 2.40. The number of rotatable bonds is 2. The van der Waals surface area contributed by atoms with E-state index in [-0.39, 0.29) is 0 Å². The minimum Gasteiger partial charge on any atom is -0.331 e. The van der Waals surface area contributed by atoms with Crippen LogP contribution < -0.4 is 0 Å². The molecule has 0 N–H and O–H groups in total. The van der Waals surface area contributed by atoms with Gasteiger partial charge in [-0.25, -0.2) is 15.0 Å². The van der Waals surface area contributed by atoms with E-state index in [4.69, 9.17) is 11.6 Å². The minimum atomic E-state index is 0.469. The van der Waals surface area contributed by atoms with Crippen molar-refractivity contribution in [2.24, 2.45) is 7.05 Å². The van der Waals surface area contributed by atoms with Crippen LogP contribution in [-0.2, 0) is 7.05 Å². The number of benzene rings is 1. The lowest BCUT2D eigenvalue weighted by Crippen LogP contribution is -1.97. The van der Waals surface area contributed by atoms with E-state index in [0.29, 0.717) is 16.8 Å². The molecule has 23 heavy (non-hydrogen) atoms. The molecular formula is C17H13ClN4S. The highest BCUT2D eigenvalue weighted by molar-refractivity contribution is 7.19. The van der Waals surface area contributed by atoms with Gasteiger partial charge in [0.05, 0.1) is 5.39 Å². The van der Waals surface area contributed by atoms with Gasteiger partial charge in [-0.15, -0.1) is 11.3 Å². The maximum absolute atomic E-state index is 6.52. The lowest BCUT2D eigenvalue weighted by molar-refractivity contribution is 0.909. The summed E-state index contributed by atoms with van der Waals surface area (Å²) in [5.74, 6) is 1.26. The number of thiophene rings is 1. The van der Waals surface area contributed by atoms with E-state index in [2.05, 4.69) is 34.0 Å². The van der Waals surface area contributed by atoms with Gasteiger partial charge in [0.1, 0.15) is 9.98 Å². The Balaban J connectivity index is 1.99. The number of aromatic nitrogens is 4. The summed E-state index contributed by atoms with van der Waals surface area (Å²) in [7, 11) is 1.92. The molecule has 0 aliphatic heterocycles. The Hall–Kier alpha value is -2.24. The molecule has 0 saturated heterocycles. The van der Waals surface area contributed by atoms with Gasteiger partial charge in [0.25, 0.3) is 0 Å². The first-order chi connectivity index (χ1) is 11.1. The van der Waals surface area contributed by atoms with E-state index in [0.717, 1.165) is 21.3 Å². The first-order valence-electron chi connectivity index (χ1n) is 7.15. The normalized spacial score (nSPS) is 11.3. The molecule has 0 spiro atoms. The molecule has 1 aromatic carbocycles. The molecule has 0 bridgehead atoms. The van der Waals surface area contributed by atoms with Crippen molar-refractivity contribution >= 4 is 33.2 Å². The van der Waals surface area contributed by atoms with Crippen LogP contribution in [0.5, 0.6) is 0 Å². The van der Waals surface area contributed by atoms with Gasteiger partial charge >= 0.3 is 0 Å². The molecule has 0 radical (unpaired) electrons. The fourth-order valence-corrected chi connectivity index (χ4v) is 4.07. The van der Waals surface area contributed by atoms with Crippen LogP contribution in [0.3, 0.4) is 0 Å². The summed E-state index contributed by atoms with van der Waals surface area (Å²) >= 11 is 8.15. The van der Waals surface area contributed by atoms with Crippen LogP contribution in [0.15, 0.2) is 42.7 Å². The summed E-state index contributed by atoms with van der Waals surface area (Å²) in [6.07, 6.45) is 3.59. The quantitative estimate of drug-likeness (QED) is 0.496. The number of imidazole rings is 1. The van der Waals surface area contributed by atoms with E-state index in [1.807, 2.05) is 36.0 Å². The molecule has 3 heterocycles. The number of hydrogen-bond acceptors (Lipinski definition) is 4. The molecule has 0 fully saturated rings. The Kier molecular flexibility index (Phi) is 3.39. The third-order valence-electron chi connectivity index (χ3n) is 3.77. The van der Waals surface area contributed by atoms with Crippen molar-refractivity contribution in [3.8, 4) is 22.8 Å². The van der Waals surface area contributed by atoms with Crippen molar-refractivity contribution in [2.75, 3.05) is 0 Å². The Labute approximate surface area is 142 Å². The third kappa shape index (κ3) is 2.33. The molecule has 0 amide bonds. The molecule has 0 atom stereocenters. The van der Waals surface area contributed by atoms with Gasteiger partial charge in [-0.3, -0.25) is 0 Å². The van der Waals surface area contributed by atoms with Gasteiger partial charge in [-0.05, 0) is 12.5 Å². The SMILES string of the molecule is Cc1sc2nc(-c3nccn3C)nc(Cl)c2c1-c1ccccc1. The predicted molar refractivity (Wildman–Crippen MR) is 94.8 cm³/mol. The second-order valence-electron chi connectivity index (χ2n) is 5.28. The van der Waals surface area contributed by atoms with E-state index >= 15 is 0 Å². The molecule has 0 saturated carbocycles. The molecule has 4 nitrogen and oxygen atoms in total. The smallest absolute Gasteiger partial charge is 0.198 e. The number of hydrogen-bond donors (Lipinski definition) is 0. The fourth-order valence-electron chi connectivity index (χ4n) is 2.70. The Morgan fingerprint density at radius 2 is 1.91 bits per heavy atom. The lowest BCUT2D eigenvalue weighted by Gasteiger charge is -2.05. The standard InChI is InChI=1S/C17H13ClN4S/c1-10-12(11-6-4-3-5-7-11)13-14(18)20-15(21-17(13)23-10)16-19-8-9-22(16)2/h3-9H,1-2H3. The van der Waals surface area contributed by atoms with Crippen molar-refractivity contribution < 1.29 is 0 Å². The summed E-state index contributed by atoms with van der Waals surface area (Å²) in [5, 5.41) is 1.38. The largest absolute Gasteiger partial charge is 0.331 e. The van der Waals surface area contributed by atoms with Crippen LogP contribution in [0.1, 0.15) is 4.88 Å². The van der Waals surface area contributed by atoms with Crippen molar-refractivity contribution in [1.29, 1.82) is 0 Å². The number of nitrogens with zero attached hydrogens (tertiary/aromatic N) is 4. The van der Waals surface area contributed by atoms with Crippen LogP contribution in [0.2, 0.25) is 5.15 Å². The second kappa shape index (κ2) is 5.44. The van der Waals surface area contributed by atoms with Gasteiger partial charge in [0, 0.05) is 29.9 Å². The zero-order valence-electron chi connectivity index (χ0n) is 12.6. The Morgan fingerprint density at radius 3 is 2.61 bits per heavy atom. The lowest BCUT2D eigenvalue weighted by atomic mass is 10.0. The molecule has 0 unspecified atom stereocenters. The Morgan fingerprint density at radius 1 is 1.13 bits per heavy atom. The van der Waals surface area contributed by atoms with E-state index < -0.39 is 0 Å². The second-order valence-corrected chi connectivity index (χ2v) is 6.84. The summed E-state index contributed by atoms with van der Waals surface area (Å²) in [4.78, 5) is 15.5. The van der Waals surface area contributed by atoms with Crippen molar-refractivity contribution in [2.45, 2.75) is 6.92 Å². The zero-order chi connectivity index (χ0) is 16.0. The van der Waals surface area contributed by atoms with E-state index in [9.17, 15) is 0 Å². The maximum Gasteiger partial charge on any atom is 0.198 e. The Bertz CT molecular complexity index is 1000. The van der Waals surface area contributed by atoms with Crippen LogP contribution in [0.4, 0.5) is 0 Å². The van der Waals surface area contributed by atoms with Crippen LogP contribution in [0, 0.1) is 6.92 Å². The molecule has 3 aromatic heterocycles. The summed E-state index contributed by atoms with van der Waals surface area (Å²) in [6.45, 7) is 2.09. The average Bonchev–Trinajstić information content (AvgIpc) is 3.11. The molecule has 0 aliphatic carbocycles. The van der Waals surface area contributed by atoms with Gasteiger partial charge < -0.3 is 4.57 Å². The van der Waals surface area contributed by atoms with E-state index in [1.54, 1.807) is 17.5 Å². The molecule has 4 aromatic rings. The van der Waals surface area contributed by atoms with Crippen LogP contribution >= 0.6 is 22.9 Å². The number of halogens is 1. The summed E-state index contributed by atoms with van der Waals surface area (Å²) in [5.41, 5.74) is 2.24. The molecule has 0 aliphatic rings. The van der Waals surface area contributed by atoms with Crippen molar-refractivity contribution in [3.05, 3.63) is 52.8 Å². The van der Waals surface area contributed by atoms with Crippen LogP contribution in [-0.4, -0.2) is 19.5 Å². The number of fused-ring (bicyclic) bond motifs is 1. The third-order valence-corrected chi connectivity index (χ3v) is 5.04. The van der Waals surface area contributed by atoms with Gasteiger partial charge in [0.2, 0.25) is 0 Å². The first kappa shape index (κ1) is 14.4. The molecule has 6 heteroatoms.